The third-order valence-corrected chi connectivity index (χ3v) is 5.75. The Morgan fingerprint density at radius 1 is 1.38 bits per heavy atom. The summed E-state index contributed by atoms with van der Waals surface area (Å²) in [5.74, 6) is 1.22. The molecule has 0 unspecified atom stereocenters. The van der Waals surface area contributed by atoms with E-state index in [0.717, 1.165) is 19.3 Å². The molecule has 0 radical (unpaired) electrons. The summed E-state index contributed by atoms with van der Waals surface area (Å²) in [7, 11) is -3.47. The van der Waals surface area contributed by atoms with Gasteiger partial charge in [-0.1, -0.05) is 19.8 Å². The summed E-state index contributed by atoms with van der Waals surface area (Å²) in [6.45, 7) is 4.01. The molecule has 7 heteroatoms. The topological polar surface area (TPSA) is 88.6 Å². The van der Waals surface area contributed by atoms with E-state index in [-0.39, 0.29) is 23.4 Å². The van der Waals surface area contributed by atoms with Gasteiger partial charge in [0.15, 0.2) is 0 Å². The van der Waals surface area contributed by atoms with Crippen LogP contribution < -0.4 is 0 Å². The van der Waals surface area contributed by atoms with Crippen LogP contribution in [0.3, 0.4) is 0 Å². The molecule has 6 nitrogen and oxygen atoms in total. The average molecular weight is 310 g/mol. The van der Waals surface area contributed by atoms with E-state index in [1.54, 1.807) is 11.5 Å². The number of aryl methyl sites for hydroxylation is 1. The Morgan fingerprint density at radius 3 is 2.81 bits per heavy atom. The molecule has 0 aromatic carbocycles. The molecule has 0 bridgehead atoms. The Labute approximate surface area is 126 Å². The van der Waals surface area contributed by atoms with E-state index in [9.17, 15) is 8.42 Å². The van der Waals surface area contributed by atoms with Crippen LogP contribution in [0, 0.1) is 24.2 Å². The number of nitrogens with zero attached hydrogens (tertiary/aromatic N) is 4. The highest BCUT2D eigenvalue weighted by Crippen LogP contribution is 2.34. The Hall–Kier alpha value is -1.42. The monoisotopic (exact) mass is 310 g/mol. The Kier molecular flexibility index (Phi) is 4.99. The molecule has 2 atom stereocenters. The molecule has 1 aliphatic rings. The maximum absolute atomic E-state index is 12.4. The first kappa shape index (κ1) is 16.0. The number of sulfone groups is 1. The third-order valence-electron chi connectivity index (χ3n) is 4.09. The second-order valence-electron chi connectivity index (χ2n) is 5.91. The van der Waals surface area contributed by atoms with Crippen LogP contribution in [0.15, 0.2) is 5.16 Å². The van der Waals surface area contributed by atoms with E-state index in [1.807, 2.05) is 6.07 Å². The highest BCUT2D eigenvalue weighted by molar-refractivity contribution is 7.91. The molecule has 0 N–H and O–H groups in total. The number of hydrogen-bond donors (Lipinski definition) is 0. The maximum atomic E-state index is 12.4. The lowest BCUT2D eigenvalue weighted by Gasteiger charge is -2.29. The van der Waals surface area contributed by atoms with Gasteiger partial charge in [-0.2, -0.15) is 5.26 Å². The number of nitriles is 1. The Balaban J connectivity index is 2.27. The summed E-state index contributed by atoms with van der Waals surface area (Å²) >= 11 is 0. The fourth-order valence-corrected chi connectivity index (χ4v) is 4.50. The summed E-state index contributed by atoms with van der Waals surface area (Å²) < 4.78 is 26.7. The van der Waals surface area contributed by atoms with Crippen LogP contribution in [-0.2, 0) is 9.84 Å². The normalized spacial score (nSPS) is 22.9. The van der Waals surface area contributed by atoms with Crippen molar-refractivity contribution >= 4 is 9.84 Å². The van der Waals surface area contributed by atoms with Crippen molar-refractivity contribution in [3.63, 3.8) is 0 Å². The van der Waals surface area contributed by atoms with Crippen molar-refractivity contribution in [1.29, 1.82) is 5.26 Å². The van der Waals surface area contributed by atoms with E-state index < -0.39 is 9.84 Å². The van der Waals surface area contributed by atoms with Crippen molar-refractivity contribution in [3.05, 3.63) is 5.82 Å². The van der Waals surface area contributed by atoms with Gasteiger partial charge in [0.1, 0.15) is 5.82 Å². The Bertz CT molecular complexity index is 630. The SMILES string of the molecule is Cc1nnc(S(=O)(=O)CCCC#N)n1[C@H]1CCC[C@H](C)C1. The van der Waals surface area contributed by atoms with Crippen molar-refractivity contribution in [2.24, 2.45) is 5.92 Å². The molecular weight excluding hydrogens is 288 g/mol. The number of aromatic nitrogens is 3. The van der Waals surface area contributed by atoms with Crippen molar-refractivity contribution in [1.82, 2.24) is 14.8 Å². The minimum atomic E-state index is -3.47. The molecule has 21 heavy (non-hydrogen) atoms. The van der Waals surface area contributed by atoms with E-state index in [4.69, 9.17) is 5.26 Å². The second kappa shape index (κ2) is 6.56. The first-order chi connectivity index (χ1) is 9.95. The summed E-state index contributed by atoms with van der Waals surface area (Å²) in [5, 5.41) is 16.5. The van der Waals surface area contributed by atoms with Gasteiger partial charge in [0.05, 0.1) is 11.8 Å². The molecule has 1 aliphatic carbocycles. The molecule has 1 aromatic heterocycles. The van der Waals surface area contributed by atoms with E-state index in [2.05, 4.69) is 17.1 Å². The zero-order valence-electron chi connectivity index (χ0n) is 12.6. The quantitative estimate of drug-likeness (QED) is 0.779. The van der Waals surface area contributed by atoms with E-state index >= 15 is 0 Å². The fourth-order valence-electron chi connectivity index (χ4n) is 3.05. The first-order valence-corrected chi connectivity index (χ1v) is 9.12. The zero-order chi connectivity index (χ0) is 15.5. The average Bonchev–Trinajstić information content (AvgIpc) is 2.81. The fraction of sp³-hybridized carbons (Fsp3) is 0.786. The molecule has 0 spiro atoms. The summed E-state index contributed by atoms with van der Waals surface area (Å²) in [6.07, 6.45) is 4.83. The summed E-state index contributed by atoms with van der Waals surface area (Å²) in [6, 6.07) is 2.14. The van der Waals surface area contributed by atoms with Crippen molar-refractivity contribution in [3.8, 4) is 6.07 Å². The van der Waals surface area contributed by atoms with Crippen molar-refractivity contribution < 1.29 is 8.42 Å². The number of hydrogen-bond acceptors (Lipinski definition) is 5. The van der Waals surface area contributed by atoms with Crippen LogP contribution in [-0.4, -0.2) is 28.9 Å². The molecule has 116 valence electrons. The van der Waals surface area contributed by atoms with Crippen molar-refractivity contribution in [2.75, 3.05) is 5.75 Å². The van der Waals surface area contributed by atoms with Crippen LogP contribution in [0.2, 0.25) is 0 Å². The van der Waals surface area contributed by atoms with Gasteiger partial charge < -0.3 is 0 Å². The molecule has 2 rings (SSSR count). The standard InChI is InChI=1S/C14H22N4O2S/c1-11-6-5-7-13(10-11)18-12(2)16-17-14(18)21(19,20)9-4-3-8-15/h11,13H,3-7,9-10H2,1-2H3/t11-,13-/m0/s1. The Morgan fingerprint density at radius 2 is 2.14 bits per heavy atom. The van der Waals surface area contributed by atoms with Gasteiger partial charge in [-0.25, -0.2) is 8.42 Å². The highest BCUT2D eigenvalue weighted by atomic mass is 32.2. The predicted octanol–water partition coefficient (Wildman–Crippen LogP) is 2.42. The summed E-state index contributed by atoms with van der Waals surface area (Å²) in [5.41, 5.74) is 0. The highest BCUT2D eigenvalue weighted by Gasteiger charge is 2.29. The van der Waals surface area contributed by atoms with Crippen LogP contribution in [0.5, 0.6) is 0 Å². The summed E-state index contributed by atoms with van der Waals surface area (Å²) in [4.78, 5) is 0. The zero-order valence-corrected chi connectivity index (χ0v) is 13.4. The van der Waals surface area contributed by atoms with E-state index in [1.165, 1.54) is 6.42 Å². The second-order valence-corrected chi connectivity index (χ2v) is 7.91. The molecule has 0 amide bonds. The minimum Gasteiger partial charge on any atom is -0.299 e. The lowest BCUT2D eigenvalue weighted by atomic mass is 9.87. The van der Waals surface area contributed by atoms with Crippen LogP contribution in [0.1, 0.15) is 57.3 Å². The number of unbranched alkanes of at least 4 members (excludes halogenated alkanes) is 1. The molecular formula is C14H22N4O2S. The van der Waals surface area contributed by atoms with Gasteiger partial charge in [0.2, 0.25) is 15.0 Å². The largest absolute Gasteiger partial charge is 0.299 e. The predicted molar refractivity (Wildman–Crippen MR) is 78.3 cm³/mol. The van der Waals surface area contributed by atoms with Gasteiger partial charge >= 0.3 is 0 Å². The van der Waals surface area contributed by atoms with Gasteiger partial charge in [-0.3, -0.25) is 4.57 Å². The van der Waals surface area contributed by atoms with Crippen LogP contribution in [0.25, 0.3) is 0 Å². The van der Waals surface area contributed by atoms with Gasteiger partial charge in [-0.15, -0.1) is 10.2 Å². The smallest absolute Gasteiger partial charge is 0.249 e. The number of rotatable bonds is 5. The molecule has 1 heterocycles. The van der Waals surface area contributed by atoms with Crippen molar-refractivity contribution in [2.45, 2.75) is 63.6 Å². The van der Waals surface area contributed by atoms with Crippen LogP contribution in [0.4, 0.5) is 0 Å². The first-order valence-electron chi connectivity index (χ1n) is 7.47. The van der Waals surface area contributed by atoms with Gasteiger partial charge in [0.25, 0.3) is 0 Å². The van der Waals surface area contributed by atoms with E-state index in [0.29, 0.717) is 18.2 Å². The van der Waals surface area contributed by atoms with Gasteiger partial charge in [0, 0.05) is 12.5 Å². The maximum Gasteiger partial charge on any atom is 0.249 e. The third kappa shape index (κ3) is 3.62. The molecule has 1 aromatic rings. The lowest BCUT2D eigenvalue weighted by Crippen LogP contribution is -2.23. The molecule has 0 aliphatic heterocycles. The molecule has 1 saturated carbocycles. The lowest BCUT2D eigenvalue weighted by molar-refractivity contribution is 0.267. The minimum absolute atomic E-state index is 0.0407. The van der Waals surface area contributed by atoms with Gasteiger partial charge in [-0.05, 0) is 32.1 Å². The molecule has 0 saturated heterocycles. The molecule has 1 fully saturated rings. The van der Waals surface area contributed by atoms with Crippen LogP contribution >= 0.6 is 0 Å².